The van der Waals surface area contributed by atoms with Gasteiger partial charge in [-0.05, 0) is 18.4 Å². The topological polar surface area (TPSA) is 87.7 Å². The minimum Gasteiger partial charge on any atom is -0.338 e. The van der Waals surface area contributed by atoms with Crippen molar-refractivity contribution < 1.29 is 4.79 Å². The molecule has 0 N–H and O–H groups in total. The molecule has 0 radical (unpaired) electrons. The van der Waals surface area contributed by atoms with Crippen LogP contribution in [-0.4, -0.2) is 43.6 Å². The van der Waals surface area contributed by atoms with Gasteiger partial charge >= 0.3 is 0 Å². The van der Waals surface area contributed by atoms with Crippen molar-refractivity contribution in [3.05, 3.63) is 29.7 Å². The predicted molar refractivity (Wildman–Crippen MR) is 105 cm³/mol. The molecule has 0 spiro atoms. The lowest BCUT2D eigenvalue weighted by molar-refractivity contribution is -0.140. The molecule has 0 saturated carbocycles. The molecule has 1 saturated heterocycles. The van der Waals surface area contributed by atoms with Gasteiger partial charge in [0.15, 0.2) is 0 Å². The van der Waals surface area contributed by atoms with Crippen LogP contribution in [0.1, 0.15) is 33.0 Å². The van der Waals surface area contributed by atoms with Gasteiger partial charge in [0.1, 0.15) is 11.4 Å². The van der Waals surface area contributed by atoms with Crippen LogP contribution in [0, 0.1) is 18.3 Å². The number of likely N-dealkylation sites (tertiary alicyclic amines) is 1. The fraction of sp³-hybridized carbons (Fsp3) is 0.421. The summed E-state index contributed by atoms with van der Waals surface area (Å²) in [7, 11) is 0. The van der Waals surface area contributed by atoms with Crippen molar-refractivity contribution in [2.24, 2.45) is 0 Å². The summed E-state index contributed by atoms with van der Waals surface area (Å²) < 4.78 is 2.85. The summed E-state index contributed by atoms with van der Waals surface area (Å²) in [5.41, 5.74) is 2.24. The second-order valence-electron chi connectivity index (χ2n) is 6.36. The van der Waals surface area contributed by atoms with Gasteiger partial charge < -0.3 is 4.90 Å². The third-order valence-electron chi connectivity index (χ3n) is 4.58. The van der Waals surface area contributed by atoms with Gasteiger partial charge in [-0.25, -0.2) is 9.97 Å². The molecular formula is C19H22N6OS. The highest BCUT2D eigenvalue weighted by Crippen LogP contribution is 2.35. The van der Waals surface area contributed by atoms with E-state index in [2.05, 4.69) is 21.1 Å². The second kappa shape index (κ2) is 7.45. The van der Waals surface area contributed by atoms with Gasteiger partial charge in [0.05, 0.1) is 34.6 Å². The van der Waals surface area contributed by atoms with Crippen LogP contribution in [0.4, 0.5) is 0 Å². The van der Waals surface area contributed by atoms with Crippen molar-refractivity contribution in [3.63, 3.8) is 0 Å². The number of hydrogen-bond donors (Lipinski definition) is 0. The molecule has 7 nitrogen and oxygen atoms in total. The third-order valence-corrected chi connectivity index (χ3v) is 5.49. The highest BCUT2D eigenvalue weighted by Gasteiger charge is 2.46. The molecule has 27 heavy (non-hydrogen) atoms. The van der Waals surface area contributed by atoms with Gasteiger partial charge in [-0.3, -0.25) is 9.48 Å². The summed E-state index contributed by atoms with van der Waals surface area (Å²) >= 11 is 1.60. The molecule has 0 aliphatic carbocycles. The molecule has 0 aromatic carbocycles. The predicted octanol–water partition coefficient (Wildman–Crippen LogP) is 3.36. The van der Waals surface area contributed by atoms with E-state index >= 15 is 0 Å². The molecule has 1 amide bonds. The Hall–Kier alpha value is -2.79. The van der Waals surface area contributed by atoms with Crippen molar-refractivity contribution in [3.8, 4) is 17.3 Å². The summed E-state index contributed by atoms with van der Waals surface area (Å²) in [6.45, 7) is 8.43. The number of rotatable bonds is 3. The number of aryl methyl sites for hydroxylation is 1. The molecule has 8 heteroatoms. The molecule has 1 aliphatic heterocycles. The van der Waals surface area contributed by atoms with E-state index in [1.807, 2.05) is 43.1 Å². The Bertz CT molecular complexity index is 1010. The zero-order valence-electron chi connectivity index (χ0n) is 15.9. The molecule has 4 heterocycles. The zero-order valence-corrected chi connectivity index (χ0v) is 16.7. The Kier molecular flexibility index (Phi) is 5.24. The lowest BCUT2D eigenvalue weighted by Crippen LogP contribution is -2.63. The van der Waals surface area contributed by atoms with Gasteiger partial charge in [0.2, 0.25) is 5.91 Å². The number of carbonyl (C=O) groups is 1. The van der Waals surface area contributed by atoms with Crippen LogP contribution in [-0.2, 0) is 10.3 Å². The van der Waals surface area contributed by atoms with Crippen molar-refractivity contribution in [2.45, 2.75) is 39.7 Å². The average molecular weight is 382 g/mol. The van der Waals surface area contributed by atoms with Gasteiger partial charge in [-0.1, -0.05) is 13.8 Å². The number of nitrogens with zero attached hydrogens (tertiary/aromatic N) is 6. The Balaban J connectivity index is 0.00000102. The van der Waals surface area contributed by atoms with Crippen molar-refractivity contribution in [1.29, 1.82) is 5.26 Å². The van der Waals surface area contributed by atoms with Gasteiger partial charge in [-0.2, -0.15) is 10.4 Å². The van der Waals surface area contributed by atoms with E-state index in [-0.39, 0.29) is 5.91 Å². The van der Waals surface area contributed by atoms with Crippen LogP contribution >= 0.6 is 11.3 Å². The number of amides is 1. The monoisotopic (exact) mass is 382 g/mol. The van der Waals surface area contributed by atoms with Crippen molar-refractivity contribution in [2.75, 3.05) is 13.1 Å². The maximum atomic E-state index is 11.5. The third kappa shape index (κ3) is 3.30. The SMILES string of the molecule is CC.CC(=O)N1CC(CC#N)(n2cc(-c3nc(C)nc4ccsc34)cn2)C1. The molecule has 4 rings (SSSR count). The minimum atomic E-state index is -0.449. The highest BCUT2D eigenvalue weighted by atomic mass is 32.1. The van der Waals surface area contributed by atoms with Crippen LogP contribution < -0.4 is 0 Å². The molecule has 0 bridgehead atoms. The molecule has 1 aliphatic rings. The summed E-state index contributed by atoms with van der Waals surface area (Å²) in [6, 6.07) is 4.21. The quantitative estimate of drug-likeness (QED) is 0.693. The maximum Gasteiger partial charge on any atom is 0.219 e. The minimum absolute atomic E-state index is 0.0210. The van der Waals surface area contributed by atoms with E-state index in [1.54, 1.807) is 29.4 Å². The van der Waals surface area contributed by atoms with Crippen molar-refractivity contribution >= 4 is 27.5 Å². The molecular weight excluding hydrogens is 360 g/mol. The maximum absolute atomic E-state index is 11.5. The summed E-state index contributed by atoms with van der Waals surface area (Å²) in [6.07, 6.45) is 4.02. The van der Waals surface area contributed by atoms with Crippen LogP contribution in [0.25, 0.3) is 21.5 Å². The second-order valence-corrected chi connectivity index (χ2v) is 7.28. The number of fused-ring (bicyclic) bond motifs is 1. The highest BCUT2D eigenvalue weighted by molar-refractivity contribution is 7.17. The Labute approximate surface area is 162 Å². The van der Waals surface area contributed by atoms with Gasteiger partial charge in [0.25, 0.3) is 0 Å². The van der Waals surface area contributed by atoms with Gasteiger partial charge in [0, 0.05) is 31.8 Å². The number of nitriles is 1. The first kappa shape index (κ1) is 19.0. The number of hydrogen-bond acceptors (Lipinski definition) is 6. The van der Waals surface area contributed by atoms with E-state index in [1.165, 1.54) is 0 Å². The molecule has 0 atom stereocenters. The van der Waals surface area contributed by atoms with Crippen LogP contribution in [0.2, 0.25) is 0 Å². The fourth-order valence-electron chi connectivity index (χ4n) is 3.25. The molecule has 140 valence electrons. The first-order valence-corrected chi connectivity index (χ1v) is 9.80. The smallest absolute Gasteiger partial charge is 0.219 e. The normalized spacial score (nSPS) is 14.9. The fourth-order valence-corrected chi connectivity index (χ4v) is 4.09. The van der Waals surface area contributed by atoms with Crippen LogP contribution in [0.3, 0.4) is 0 Å². The number of thiophene rings is 1. The molecule has 1 fully saturated rings. The number of aromatic nitrogens is 4. The summed E-state index contributed by atoms with van der Waals surface area (Å²) in [5, 5.41) is 15.7. The average Bonchev–Trinajstić information content (AvgIpc) is 3.28. The standard InChI is InChI=1S/C17H16N6OS.C2H6/c1-11-20-14-3-6-25-16(14)15(21-11)13-7-19-23(8-13)17(4-5-18)9-22(10-17)12(2)24;1-2/h3,6-8H,4,9-10H2,1-2H3;1-2H3. The Morgan fingerprint density at radius 1 is 1.37 bits per heavy atom. The Morgan fingerprint density at radius 3 is 2.78 bits per heavy atom. The molecule has 0 unspecified atom stereocenters. The molecule has 3 aromatic rings. The Morgan fingerprint density at radius 2 is 2.11 bits per heavy atom. The van der Waals surface area contributed by atoms with E-state index in [9.17, 15) is 10.1 Å². The first-order valence-electron chi connectivity index (χ1n) is 8.92. The van der Waals surface area contributed by atoms with Gasteiger partial charge in [-0.15, -0.1) is 11.3 Å². The lowest BCUT2D eigenvalue weighted by Gasteiger charge is -2.48. The summed E-state index contributed by atoms with van der Waals surface area (Å²) in [4.78, 5) is 22.3. The van der Waals surface area contributed by atoms with E-state index < -0.39 is 5.54 Å². The van der Waals surface area contributed by atoms with Crippen molar-refractivity contribution in [1.82, 2.24) is 24.6 Å². The van der Waals surface area contributed by atoms with Crippen LogP contribution in [0.15, 0.2) is 23.8 Å². The number of carbonyl (C=O) groups excluding carboxylic acids is 1. The van der Waals surface area contributed by atoms with E-state index in [4.69, 9.17) is 0 Å². The first-order chi connectivity index (χ1) is 13.0. The molecule has 3 aromatic heterocycles. The largest absolute Gasteiger partial charge is 0.338 e. The summed E-state index contributed by atoms with van der Waals surface area (Å²) in [5.74, 6) is 0.736. The van der Waals surface area contributed by atoms with Crippen LogP contribution in [0.5, 0.6) is 0 Å². The van der Waals surface area contributed by atoms with E-state index in [0.29, 0.717) is 25.3 Å². The lowest BCUT2D eigenvalue weighted by atomic mass is 9.87. The van der Waals surface area contributed by atoms with E-state index in [0.717, 1.165) is 21.5 Å². The zero-order chi connectivity index (χ0) is 19.6.